The molecule has 2 unspecified atom stereocenters. The smallest absolute Gasteiger partial charge is 0.307 e. The summed E-state index contributed by atoms with van der Waals surface area (Å²) in [4.78, 5) is 24.5. The number of rotatable bonds is 4. The molecular weight excluding hydrogens is 206 g/mol. The number of carbonyl (C=O) groups excluding carboxylic acids is 1. The lowest BCUT2D eigenvalue weighted by molar-refractivity contribution is -0.143. The van der Waals surface area contributed by atoms with Gasteiger partial charge in [0.25, 0.3) is 0 Å². The molecule has 0 aromatic rings. The van der Waals surface area contributed by atoms with E-state index in [2.05, 4.69) is 6.58 Å². The maximum atomic E-state index is 12.1. The lowest BCUT2D eigenvalue weighted by Gasteiger charge is -2.35. The number of hydrogen-bond donors (Lipinski definition) is 1. The van der Waals surface area contributed by atoms with E-state index in [9.17, 15) is 9.59 Å². The predicted octanol–water partition coefficient (Wildman–Crippen LogP) is 1.52. The molecule has 90 valence electrons. The molecule has 4 heteroatoms. The number of nitrogens with zero attached hydrogens (tertiary/aromatic N) is 1. The Morgan fingerprint density at radius 1 is 1.44 bits per heavy atom. The Morgan fingerprint density at radius 3 is 2.31 bits per heavy atom. The highest BCUT2D eigenvalue weighted by molar-refractivity contribution is 5.89. The van der Waals surface area contributed by atoms with E-state index >= 15 is 0 Å². The number of aliphatic carboxylic acids is 1. The third kappa shape index (κ3) is 2.62. The van der Waals surface area contributed by atoms with Gasteiger partial charge in [-0.15, -0.1) is 6.58 Å². The average molecular weight is 225 g/mol. The summed E-state index contributed by atoms with van der Waals surface area (Å²) in [7, 11) is 0. The summed E-state index contributed by atoms with van der Waals surface area (Å²) >= 11 is 0. The van der Waals surface area contributed by atoms with E-state index < -0.39 is 11.9 Å². The average Bonchev–Trinajstić information content (AvgIpc) is 2.90. The van der Waals surface area contributed by atoms with Gasteiger partial charge in [0.2, 0.25) is 5.91 Å². The summed E-state index contributed by atoms with van der Waals surface area (Å²) in [6, 6.07) is 0. The van der Waals surface area contributed by atoms with Crippen LogP contribution in [0.4, 0.5) is 0 Å². The first-order valence-corrected chi connectivity index (χ1v) is 5.44. The van der Waals surface area contributed by atoms with E-state index in [0.29, 0.717) is 13.0 Å². The van der Waals surface area contributed by atoms with Gasteiger partial charge in [0.1, 0.15) is 0 Å². The van der Waals surface area contributed by atoms with Crippen LogP contribution in [-0.2, 0) is 9.59 Å². The molecule has 1 amide bonds. The number of carbonyl (C=O) groups is 2. The summed E-state index contributed by atoms with van der Waals surface area (Å²) in [6.07, 6.45) is 2.14. The van der Waals surface area contributed by atoms with Crippen LogP contribution < -0.4 is 0 Å². The van der Waals surface area contributed by atoms with Crippen molar-refractivity contribution >= 4 is 11.9 Å². The highest BCUT2D eigenvalue weighted by atomic mass is 16.4. The van der Waals surface area contributed by atoms with Crippen molar-refractivity contribution in [1.82, 2.24) is 4.90 Å². The fraction of sp³-hybridized carbons (Fsp3) is 0.667. The molecular formula is C12H19NO3. The summed E-state index contributed by atoms with van der Waals surface area (Å²) in [5, 5.41) is 8.80. The minimum atomic E-state index is -0.870. The zero-order chi connectivity index (χ0) is 12.5. The summed E-state index contributed by atoms with van der Waals surface area (Å²) in [5.41, 5.74) is -0.295. The minimum absolute atomic E-state index is 0.0696. The zero-order valence-corrected chi connectivity index (χ0v) is 10.1. The quantitative estimate of drug-likeness (QED) is 0.738. The van der Waals surface area contributed by atoms with Gasteiger partial charge < -0.3 is 10.0 Å². The van der Waals surface area contributed by atoms with E-state index in [-0.39, 0.29) is 17.4 Å². The molecule has 0 spiro atoms. The zero-order valence-electron chi connectivity index (χ0n) is 10.1. The Hall–Kier alpha value is -1.32. The van der Waals surface area contributed by atoms with Gasteiger partial charge in [0.15, 0.2) is 0 Å². The normalized spacial score (nSPS) is 23.7. The highest BCUT2D eigenvalue weighted by Crippen LogP contribution is 2.41. The molecule has 4 nitrogen and oxygen atoms in total. The first-order valence-electron chi connectivity index (χ1n) is 5.44. The minimum Gasteiger partial charge on any atom is -0.481 e. The van der Waals surface area contributed by atoms with Gasteiger partial charge >= 0.3 is 5.97 Å². The third-order valence-electron chi connectivity index (χ3n) is 2.81. The lowest BCUT2D eigenvalue weighted by atomic mass is 10.0. The SMILES string of the molecule is C=CCN(C(=O)C1CC1C(=O)O)C(C)(C)C. The van der Waals surface area contributed by atoms with E-state index in [4.69, 9.17) is 5.11 Å². The van der Waals surface area contributed by atoms with Crippen molar-refractivity contribution in [1.29, 1.82) is 0 Å². The van der Waals surface area contributed by atoms with E-state index in [1.807, 2.05) is 20.8 Å². The Kier molecular flexibility index (Phi) is 3.41. The molecule has 0 heterocycles. The Morgan fingerprint density at radius 2 is 2.00 bits per heavy atom. The molecule has 2 atom stereocenters. The van der Waals surface area contributed by atoms with Crippen molar-refractivity contribution in [3.05, 3.63) is 12.7 Å². The van der Waals surface area contributed by atoms with Gasteiger partial charge in [-0.3, -0.25) is 9.59 Å². The van der Waals surface area contributed by atoms with Gasteiger partial charge in [-0.2, -0.15) is 0 Å². The van der Waals surface area contributed by atoms with Crippen molar-refractivity contribution in [2.45, 2.75) is 32.7 Å². The fourth-order valence-corrected chi connectivity index (χ4v) is 1.76. The second-order valence-corrected chi connectivity index (χ2v) is 5.20. The molecule has 0 aliphatic heterocycles. The van der Waals surface area contributed by atoms with Crippen LogP contribution >= 0.6 is 0 Å². The van der Waals surface area contributed by atoms with Crippen molar-refractivity contribution in [3.8, 4) is 0 Å². The Bertz CT molecular complexity index is 317. The van der Waals surface area contributed by atoms with Gasteiger partial charge in [-0.1, -0.05) is 6.08 Å². The van der Waals surface area contributed by atoms with Crippen LogP contribution in [0.5, 0.6) is 0 Å². The molecule has 1 N–H and O–H groups in total. The first-order chi connectivity index (χ1) is 7.29. The van der Waals surface area contributed by atoms with Crippen molar-refractivity contribution in [2.24, 2.45) is 11.8 Å². The van der Waals surface area contributed by atoms with Crippen LogP contribution in [0.15, 0.2) is 12.7 Å². The molecule has 16 heavy (non-hydrogen) atoms. The molecule has 0 aromatic carbocycles. The van der Waals surface area contributed by atoms with Crippen molar-refractivity contribution in [2.75, 3.05) is 6.54 Å². The summed E-state index contributed by atoms with van der Waals surface area (Å²) in [5.74, 6) is -1.76. The standard InChI is InChI=1S/C12H19NO3/c1-5-6-13(12(2,3)4)10(14)8-7-9(8)11(15)16/h5,8-9H,1,6-7H2,2-4H3,(H,15,16). The van der Waals surface area contributed by atoms with Crippen LogP contribution in [-0.4, -0.2) is 34.0 Å². The predicted molar refractivity (Wildman–Crippen MR) is 60.9 cm³/mol. The molecule has 1 aliphatic carbocycles. The largest absolute Gasteiger partial charge is 0.481 e. The van der Waals surface area contributed by atoms with Crippen LogP contribution in [0.1, 0.15) is 27.2 Å². The Labute approximate surface area is 95.9 Å². The first kappa shape index (κ1) is 12.7. The number of hydrogen-bond acceptors (Lipinski definition) is 2. The molecule has 1 saturated carbocycles. The molecule has 1 rings (SSSR count). The molecule has 0 aromatic heterocycles. The van der Waals surface area contributed by atoms with Crippen molar-refractivity contribution in [3.63, 3.8) is 0 Å². The third-order valence-corrected chi connectivity index (χ3v) is 2.81. The summed E-state index contributed by atoms with van der Waals surface area (Å²) < 4.78 is 0. The Balaban J connectivity index is 2.71. The van der Waals surface area contributed by atoms with Crippen LogP contribution in [0, 0.1) is 11.8 Å². The highest BCUT2D eigenvalue weighted by Gasteiger charge is 2.50. The molecule has 0 bridgehead atoms. The second-order valence-electron chi connectivity index (χ2n) is 5.20. The van der Waals surface area contributed by atoms with E-state index in [1.165, 1.54) is 0 Å². The topological polar surface area (TPSA) is 57.6 Å². The molecule has 0 radical (unpaired) electrons. The van der Waals surface area contributed by atoms with Gasteiger partial charge in [-0.25, -0.2) is 0 Å². The van der Waals surface area contributed by atoms with E-state index in [0.717, 1.165) is 0 Å². The number of carboxylic acid groups (broad SMARTS) is 1. The second kappa shape index (κ2) is 4.28. The lowest BCUT2D eigenvalue weighted by Crippen LogP contribution is -2.46. The monoisotopic (exact) mass is 225 g/mol. The van der Waals surface area contributed by atoms with Gasteiger partial charge in [0, 0.05) is 12.1 Å². The van der Waals surface area contributed by atoms with Crippen LogP contribution in [0.25, 0.3) is 0 Å². The van der Waals surface area contributed by atoms with E-state index in [1.54, 1.807) is 11.0 Å². The number of amides is 1. The van der Waals surface area contributed by atoms with Crippen LogP contribution in [0.3, 0.4) is 0 Å². The maximum absolute atomic E-state index is 12.1. The number of carboxylic acids is 1. The molecule has 1 aliphatic rings. The summed E-state index contributed by atoms with van der Waals surface area (Å²) in [6.45, 7) is 9.89. The fourth-order valence-electron chi connectivity index (χ4n) is 1.76. The van der Waals surface area contributed by atoms with Crippen molar-refractivity contribution < 1.29 is 14.7 Å². The van der Waals surface area contributed by atoms with Crippen LogP contribution in [0.2, 0.25) is 0 Å². The molecule has 1 fully saturated rings. The van der Waals surface area contributed by atoms with Gasteiger partial charge in [-0.05, 0) is 27.2 Å². The maximum Gasteiger partial charge on any atom is 0.307 e. The molecule has 0 saturated heterocycles. The van der Waals surface area contributed by atoms with Gasteiger partial charge in [0.05, 0.1) is 11.8 Å².